The zero-order valence-electron chi connectivity index (χ0n) is 15.1. The Morgan fingerprint density at radius 2 is 1.96 bits per heavy atom. The summed E-state index contributed by atoms with van der Waals surface area (Å²) in [7, 11) is 0. The number of aromatic nitrogens is 1. The van der Waals surface area contributed by atoms with Crippen LogP contribution in [0.25, 0.3) is 0 Å². The van der Waals surface area contributed by atoms with Crippen molar-refractivity contribution < 1.29 is 19.0 Å². The number of hydrogen-bond donors (Lipinski definition) is 1. The summed E-state index contributed by atoms with van der Waals surface area (Å²) in [4.78, 5) is 23.0. The second-order valence-corrected chi connectivity index (χ2v) is 6.45. The predicted molar refractivity (Wildman–Crippen MR) is 103 cm³/mol. The molecule has 0 bridgehead atoms. The summed E-state index contributed by atoms with van der Waals surface area (Å²) < 4.78 is 10.8. The molecule has 28 heavy (non-hydrogen) atoms. The summed E-state index contributed by atoms with van der Waals surface area (Å²) >= 11 is 6.03. The lowest BCUT2D eigenvalue weighted by molar-refractivity contribution is -0.384. The van der Waals surface area contributed by atoms with Gasteiger partial charge in [0.25, 0.3) is 11.6 Å². The van der Waals surface area contributed by atoms with E-state index in [1.54, 1.807) is 6.92 Å². The molecule has 0 fully saturated rings. The highest BCUT2D eigenvalue weighted by Crippen LogP contribution is 2.28. The molecule has 0 atom stereocenters. The van der Waals surface area contributed by atoms with Gasteiger partial charge < -0.3 is 14.6 Å². The third-order valence-electron chi connectivity index (χ3n) is 4.01. The molecule has 0 saturated heterocycles. The van der Waals surface area contributed by atoms with E-state index in [4.69, 9.17) is 20.9 Å². The number of carbonyl (C=O) groups excluding carboxylic acids is 1. The highest BCUT2D eigenvalue weighted by molar-refractivity contribution is 6.34. The molecule has 0 unspecified atom stereocenters. The normalized spacial score (nSPS) is 10.5. The molecule has 0 aliphatic heterocycles. The number of non-ortho nitro benzene ring substituents is 1. The predicted octanol–water partition coefficient (Wildman–Crippen LogP) is 4.68. The number of anilines is 1. The number of halogens is 1. The van der Waals surface area contributed by atoms with Gasteiger partial charge in [0, 0.05) is 12.1 Å². The van der Waals surface area contributed by atoms with E-state index < -0.39 is 10.8 Å². The molecule has 1 amide bonds. The quantitative estimate of drug-likeness (QED) is 0.474. The van der Waals surface area contributed by atoms with Gasteiger partial charge in [-0.15, -0.1) is 0 Å². The van der Waals surface area contributed by atoms with Gasteiger partial charge in [-0.3, -0.25) is 14.9 Å². The third-order valence-corrected chi connectivity index (χ3v) is 4.34. The van der Waals surface area contributed by atoms with E-state index >= 15 is 0 Å². The second-order valence-electron chi connectivity index (χ2n) is 6.04. The number of ether oxygens (including phenoxy) is 1. The van der Waals surface area contributed by atoms with E-state index in [1.807, 2.05) is 31.2 Å². The lowest BCUT2D eigenvalue weighted by Crippen LogP contribution is -2.16. The Morgan fingerprint density at radius 3 is 2.64 bits per heavy atom. The molecule has 0 aliphatic rings. The molecule has 3 aromatic rings. The van der Waals surface area contributed by atoms with Crippen LogP contribution in [-0.4, -0.2) is 16.0 Å². The first-order valence-corrected chi connectivity index (χ1v) is 8.63. The average molecular weight is 402 g/mol. The molecule has 0 spiro atoms. The van der Waals surface area contributed by atoms with Crippen LogP contribution in [0.1, 0.15) is 27.4 Å². The Kier molecular flexibility index (Phi) is 5.60. The number of nitrogens with one attached hydrogen (secondary N) is 1. The fraction of sp³-hybridized carbons (Fsp3) is 0.158. The van der Waals surface area contributed by atoms with Gasteiger partial charge in [0.1, 0.15) is 18.1 Å². The molecule has 3 rings (SSSR count). The van der Waals surface area contributed by atoms with Gasteiger partial charge >= 0.3 is 0 Å². The van der Waals surface area contributed by atoms with Crippen molar-refractivity contribution in [3.05, 3.63) is 80.2 Å². The van der Waals surface area contributed by atoms with Crippen molar-refractivity contribution >= 4 is 28.9 Å². The van der Waals surface area contributed by atoms with Crippen LogP contribution in [-0.2, 0) is 6.61 Å². The summed E-state index contributed by atoms with van der Waals surface area (Å²) in [5.74, 6) is 0.462. The van der Waals surface area contributed by atoms with Crippen molar-refractivity contribution in [3.63, 3.8) is 0 Å². The van der Waals surface area contributed by atoms with Crippen molar-refractivity contribution in [1.82, 2.24) is 5.16 Å². The maximum absolute atomic E-state index is 12.6. The Balaban J connectivity index is 1.79. The minimum absolute atomic E-state index is 0.0205. The SMILES string of the molecule is Cc1ccc(OCc2c(C(=O)Nc3cc([N+](=O)[O-])ccc3Cl)noc2C)cc1. The average Bonchev–Trinajstić information content (AvgIpc) is 3.03. The molecule has 1 N–H and O–H groups in total. The van der Waals surface area contributed by atoms with E-state index in [2.05, 4.69) is 10.5 Å². The van der Waals surface area contributed by atoms with Gasteiger partial charge in [-0.1, -0.05) is 34.5 Å². The smallest absolute Gasteiger partial charge is 0.278 e. The molecule has 1 heterocycles. The fourth-order valence-corrected chi connectivity index (χ4v) is 2.60. The van der Waals surface area contributed by atoms with Gasteiger partial charge in [0.05, 0.1) is 21.2 Å². The maximum atomic E-state index is 12.6. The molecule has 144 valence electrons. The third kappa shape index (κ3) is 4.29. The fourth-order valence-electron chi connectivity index (χ4n) is 2.43. The molecule has 1 aromatic heterocycles. The molecule has 0 aliphatic carbocycles. The number of nitro benzene ring substituents is 1. The molecule has 9 heteroatoms. The molecule has 0 radical (unpaired) electrons. The van der Waals surface area contributed by atoms with Gasteiger partial charge in [-0.05, 0) is 32.0 Å². The molecule has 0 saturated carbocycles. The van der Waals surface area contributed by atoms with Crippen LogP contribution < -0.4 is 10.1 Å². The van der Waals surface area contributed by atoms with Crippen molar-refractivity contribution in [2.45, 2.75) is 20.5 Å². The summed E-state index contributed by atoms with van der Waals surface area (Å²) in [5.41, 5.74) is 1.50. The number of aryl methyl sites for hydroxylation is 2. The zero-order valence-corrected chi connectivity index (χ0v) is 15.8. The summed E-state index contributed by atoms with van der Waals surface area (Å²) in [6.07, 6.45) is 0. The summed E-state index contributed by atoms with van der Waals surface area (Å²) in [6, 6.07) is 11.2. The lowest BCUT2D eigenvalue weighted by Gasteiger charge is -2.08. The van der Waals surface area contributed by atoms with Crippen LogP contribution >= 0.6 is 11.6 Å². The standard InChI is InChI=1S/C19H16ClN3O5/c1-11-3-6-14(7-4-11)27-10-15-12(2)28-22-18(15)19(24)21-17-9-13(23(25)26)5-8-16(17)20/h3-9H,10H2,1-2H3,(H,21,24). The summed E-state index contributed by atoms with van der Waals surface area (Å²) in [6.45, 7) is 3.71. The van der Waals surface area contributed by atoms with Crippen molar-refractivity contribution in [2.75, 3.05) is 5.32 Å². The van der Waals surface area contributed by atoms with Gasteiger partial charge in [-0.2, -0.15) is 0 Å². The zero-order chi connectivity index (χ0) is 20.3. The number of benzene rings is 2. The van der Waals surface area contributed by atoms with Crippen molar-refractivity contribution in [3.8, 4) is 5.75 Å². The highest BCUT2D eigenvalue weighted by atomic mass is 35.5. The lowest BCUT2D eigenvalue weighted by atomic mass is 10.2. The molecular formula is C19H16ClN3O5. The maximum Gasteiger partial charge on any atom is 0.278 e. The van der Waals surface area contributed by atoms with Crippen LogP contribution in [0, 0.1) is 24.0 Å². The van der Waals surface area contributed by atoms with Crippen LogP contribution in [0.15, 0.2) is 47.0 Å². The number of carbonyl (C=O) groups is 1. The monoisotopic (exact) mass is 401 g/mol. The van der Waals surface area contributed by atoms with Crippen LogP contribution in [0.2, 0.25) is 5.02 Å². The van der Waals surface area contributed by atoms with E-state index in [-0.39, 0.29) is 28.7 Å². The first kappa shape index (κ1) is 19.4. The van der Waals surface area contributed by atoms with Gasteiger partial charge in [0.2, 0.25) is 0 Å². The van der Waals surface area contributed by atoms with E-state index in [0.29, 0.717) is 17.1 Å². The van der Waals surface area contributed by atoms with Crippen LogP contribution in [0.5, 0.6) is 5.75 Å². The minimum atomic E-state index is -0.609. The molecule has 8 nitrogen and oxygen atoms in total. The van der Waals surface area contributed by atoms with E-state index in [0.717, 1.165) is 5.56 Å². The first-order valence-electron chi connectivity index (χ1n) is 8.25. The number of rotatable bonds is 6. The van der Waals surface area contributed by atoms with E-state index in [1.165, 1.54) is 18.2 Å². The second kappa shape index (κ2) is 8.10. The largest absolute Gasteiger partial charge is 0.489 e. The van der Waals surface area contributed by atoms with Crippen molar-refractivity contribution in [1.29, 1.82) is 0 Å². The van der Waals surface area contributed by atoms with Gasteiger partial charge in [0.15, 0.2) is 5.69 Å². The van der Waals surface area contributed by atoms with Crippen molar-refractivity contribution in [2.24, 2.45) is 0 Å². The summed E-state index contributed by atoms with van der Waals surface area (Å²) in [5, 5.41) is 17.4. The molecular weight excluding hydrogens is 386 g/mol. The van der Waals surface area contributed by atoms with Crippen LogP contribution in [0.4, 0.5) is 11.4 Å². The minimum Gasteiger partial charge on any atom is -0.489 e. The Morgan fingerprint density at radius 1 is 1.25 bits per heavy atom. The number of hydrogen-bond acceptors (Lipinski definition) is 6. The Hall–Kier alpha value is -3.39. The topological polar surface area (TPSA) is 108 Å². The number of nitro groups is 1. The Bertz CT molecular complexity index is 1030. The van der Waals surface area contributed by atoms with Gasteiger partial charge in [-0.25, -0.2) is 0 Å². The highest BCUT2D eigenvalue weighted by Gasteiger charge is 2.22. The molecule has 2 aromatic carbocycles. The Labute approximate surface area is 165 Å². The first-order chi connectivity index (χ1) is 13.3. The number of amides is 1. The van der Waals surface area contributed by atoms with E-state index in [9.17, 15) is 14.9 Å². The number of nitrogens with zero attached hydrogens (tertiary/aromatic N) is 2. The van der Waals surface area contributed by atoms with Crippen LogP contribution in [0.3, 0.4) is 0 Å².